The number of halogens is 4. The molecule has 0 saturated heterocycles. The topological polar surface area (TPSA) is 61.3 Å². The number of carbonyl (C=O) groups excluding carboxylic acids is 1. The van der Waals surface area contributed by atoms with E-state index in [9.17, 15) is 18.0 Å². The molecule has 9 heteroatoms. The first kappa shape index (κ1) is 28.7. The van der Waals surface area contributed by atoms with Crippen LogP contribution < -0.4 is 9.47 Å². The van der Waals surface area contributed by atoms with Crippen LogP contribution in [0.1, 0.15) is 34.5 Å². The normalized spacial score (nSPS) is 10.8. The Balaban J connectivity index is 0.000000336. The fourth-order valence-corrected chi connectivity index (χ4v) is 3.58. The molecule has 0 N–H and O–H groups in total. The predicted octanol–water partition coefficient (Wildman–Crippen LogP) is 7.96. The molecule has 0 fully saturated rings. The molecule has 1 heterocycles. The van der Waals surface area contributed by atoms with Crippen LogP contribution in [0.3, 0.4) is 0 Å². The molecule has 0 saturated carbocycles. The number of nitrogens with zero attached hydrogens (tertiary/aromatic N) is 2. The van der Waals surface area contributed by atoms with E-state index in [2.05, 4.69) is 14.7 Å². The van der Waals surface area contributed by atoms with Crippen molar-refractivity contribution < 1.29 is 27.4 Å². The van der Waals surface area contributed by atoms with Gasteiger partial charge in [0.25, 0.3) is 6.47 Å². The van der Waals surface area contributed by atoms with E-state index in [0.29, 0.717) is 28.7 Å². The van der Waals surface area contributed by atoms with Crippen LogP contribution >= 0.6 is 11.6 Å². The standard InChI is InChI=1S/C21H18ClF3N2O.C8H8O2/c1-14-20(22)19(27-13-26-14)4-2-3-15-5-9-17(10-6-15)28-18-11-7-16(8-12-18)21(23,24)25;1-7-2-4-8(5-3-7)10-6-9/h5-13H,2-4H2,1H3;2-6H,1H3. The summed E-state index contributed by atoms with van der Waals surface area (Å²) in [6, 6.07) is 19.4. The Bertz CT molecular complexity index is 1310. The molecule has 1 aromatic heterocycles. The fourth-order valence-electron chi connectivity index (χ4n) is 3.39. The van der Waals surface area contributed by atoms with Gasteiger partial charge in [0.2, 0.25) is 0 Å². The number of hydrogen-bond acceptors (Lipinski definition) is 5. The van der Waals surface area contributed by atoms with Gasteiger partial charge in [-0.1, -0.05) is 41.4 Å². The molecule has 0 amide bonds. The second-order valence-corrected chi connectivity index (χ2v) is 8.75. The first-order valence-electron chi connectivity index (χ1n) is 11.7. The molecule has 4 rings (SSSR count). The second-order valence-electron chi connectivity index (χ2n) is 8.37. The number of alkyl halides is 3. The molecular weight excluding hydrogens is 517 g/mol. The van der Waals surface area contributed by atoms with Crippen molar-refractivity contribution in [2.45, 2.75) is 39.3 Å². The Morgan fingerprint density at radius 2 is 1.39 bits per heavy atom. The third-order valence-electron chi connectivity index (χ3n) is 5.46. The van der Waals surface area contributed by atoms with E-state index in [4.69, 9.17) is 16.3 Å². The summed E-state index contributed by atoms with van der Waals surface area (Å²) < 4.78 is 47.9. The maximum Gasteiger partial charge on any atom is 0.416 e. The van der Waals surface area contributed by atoms with Gasteiger partial charge in [0.05, 0.1) is 22.0 Å². The largest absolute Gasteiger partial charge is 0.457 e. The van der Waals surface area contributed by atoms with Crippen LogP contribution in [-0.2, 0) is 23.8 Å². The Morgan fingerprint density at radius 1 is 0.816 bits per heavy atom. The molecule has 0 atom stereocenters. The van der Waals surface area contributed by atoms with Gasteiger partial charge in [-0.15, -0.1) is 0 Å². The number of carbonyl (C=O) groups is 1. The van der Waals surface area contributed by atoms with Gasteiger partial charge in [0.1, 0.15) is 23.6 Å². The highest BCUT2D eigenvalue weighted by molar-refractivity contribution is 6.31. The lowest BCUT2D eigenvalue weighted by atomic mass is 10.1. The van der Waals surface area contributed by atoms with Crippen LogP contribution in [0.2, 0.25) is 5.02 Å². The zero-order valence-corrected chi connectivity index (χ0v) is 21.6. The summed E-state index contributed by atoms with van der Waals surface area (Å²) in [5, 5.41) is 0.614. The van der Waals surface area contributed by atoms with E-state index in [1.807, 2.05) is 38.1 Å². The number of aromatic nitrogens is 2. The van der Waals surface area contributed by atoms with Gasteiger partial charge < -0.3 is 9.47 Å². The molecule has 38 heavy (non-hydrogen) atoms. The van der Waals surface area contributed by atoms with Crippen LogP contribution in [0.4, 0.5) is 13.2 Å². The lowest BCUT2D eigenvalue weighted by molar-refractivity contribution is -0.137. The van der Waals surface area contributed by atoms with Crippen LogP contribution in [0.15, 0.2) is 79.1 Å². The lowest BCUT2D eigenvalue weighted by Gasteiger charge is -2.09. The summed E-state index contributed by atoms with van der Waals surface area (Å²) >= 11 is 6.20. The molecular formula is C29H26ClF3N2O3. The van der Waals surface area contributed by atoms with Crippen molar-refractivity contribution in [3.63, 3.8) is 0 Å². The van der Waals surface area contributed by atoms with Crippen LogP contribution in [-0.4, -0.2) is 16.4 Å². The van der Waals surface area contributed by atoms with E-state index >= 15 is 0 Å². The van der Waals surface area contributed by atoms with Gasteiger partial charge in [-0.2, -0.15) is 13.2 Å². The smallest absolute Gasteiger partial charge is 0.416 e. The van der Waals surface area contributed by atoms with Crippen LogP contribution in [0.5, 0.6) is 17.2 Å². The third-order valence-corrected chi connectivity index (χ3v) is 5.95. The monoisotopic (exact) mass is 542 g/mol. The molecule has 5 nitrogen and oxygen atoms in total. The van der Waals surface area contributed by atoms with Crippen molar-refractivity contribution >= 4 is 18.1 Å². The SMILES string of the molecule is Cc1ccc(OC=O)cc1.Cc1ncnc(CCCc2ccc(Oc3ccc(C(F)(F)F)cc3)cc2)c1Cl. The van der Waals surface area contributed by atoms with E-state index in [-0.39, 0.29) is 0 Å². The van der Waals surface area contributed by atoms with Gasteiger partial charge in [0.15, 0.2) is 0 Å². The Labute approximate surface area is 224 Å². The minimum Gasteiger partial charge on any atom is -0.457 e. The molecule has 0 unspecified atom stereocenters. The molecule has 0 aliphatic rings. The number of rotatable bonds is 8. The van der Waals surface area contributed by atoms with Crippen molar-refractivity contribution in [2.24, 2.45) is 0 Å². The summed E-state index contributed by atoms with van der Waals surface area (Å²) in [7, 11) is 0. The number of ether oxygens (including phenoxy) is 2. The summed E-state index contributed by atoms with van der Waals surface area (Å²) in [6.07, 6.45) is -0.347. The van der Waals surface area contributed by atoms with Crippen molar-refractivity contribution in [1.29, 1.82) is 0 Å². The Kier molecular flexibility index (Phi) is 10.2. The van der Waals surface area contributed by atoms with Gasteiger partial charge in [-0.3, -0.25) is 4.79 Å². The summed E-state index contributed by atoms with van der Waals surface area (Å²) in [4.78, 5) is 18.1. The van der Waals surface area contributed by atoms with Crippen LogP contribution in [0.25, 0.3) is 0 Å². The quantitative estimate of drug-likeness (QED) is 0.211. The highest BCUT2D eigenvalue weighted by Crippen LogP contribution is 2.31. The van der Waals surface area contributed by atoms with Crippen molar-refractivity contribution in [3.05, 3.63) is 112 Å². The zero-order chi connectivity index (χ0) is 27.5. The van der Waals surface area contributed by atoms with E-state index in [1.165, 1.54) is 18.5 Å². The first-order valence-corrected chi connectivity index (χ1v) is 12.1. The molecule has 4 aromatic rings. The first-order chi connectivity index (χ1) is 18.2. The van der Waals surface area contributed by atoms with E-state index in [1.54, 1.807) is 24.3 Å². The van der Waals surface area contributed by atoms with Gasteiger partial charge in [-0.25, -0.2) is 9.97 Å². The molecule has 0 aliphatic heterocycles. The minimum absolute atomic E-state index is 0.356. The number of benzene rings is 3. The highest BCUT2D eigenvalue weighted by Gasteiger charge is 2.30. The number of aryl methyl sites for hydroxylation is 4. The zero-order valence-electron chi connectivity index (χ0n) is 20.8. The maximum absolute atomic E-state index is 12.6. The Hall–Kier alpha value is -3.91. The highest BCUT2D eigenvalue weighted by atomic mass is 35.5. The second kappa shape index (κ2) is 13.6. The molecule has 0 aliphatic carbocycles. The lowest BCUT2D eigenvalue weighted by Crippen LogP contribution is -2.03. The molecule has 0 bridgehead atoms. The molecule has 0 spiro atoms. The summed E-state index contributed by atoms with van der Waals surface area (Å²) in [5.41, 5.74) is 3.20. The van der Waals surface area contributed by atoms with Gasteiger partial charge in [-0.05, 0) is 87.2 Å². The average Bonchev–Trinajstić information content (AvgIpc) is 2.89. The molecule has 3 aromatic carbocycles. The third kappa shape index (κ3) is 8.88. The van der Waals surface area contributed by atoms with Crippen LogP contribution in [0, 0.1) is 13.8 Å². The Morgan fingerprint density at radius 3 is 1.97 bits per heavy atom. The molecule has 0 radical (unpaired) electrons. The van der Waals surface area contributed by atoms with E-state index < -0.39 is 11.7 Å². The molecule has 198 valence electrons. The van der Waals surface area contributed by atoms with Crippen molar-refractivity contribution in [3.8, 4) is 17.2 Å². The van der Waals surface area contributed by atoms with Crippen molar-refractivity contribution in [2.75, 3.05) is 0 Å². The van der Waals surface area contributed by atoms with Gasteiger partial charge in [0, 0.05) is 0 Å². The average molecular weight is 543 g/mol. The number of hydrogen-bond donors (Lipinski definition) is 0. The summed E-state index contributed by atoms with van der Waals surface area (Å²) in [5.74, 6) is 1.51. The minimum atomic E-state index is -4.35. The maximum atomic E-state index is 12.6. The van der Waals surface area contributed by atoms with Crippen molar-refractivity contribution in [1.82, 2.24) is 9.97 Å². The fraction of sp³-hybridized carbons (Fsp3) is 0.207. The predicted molar refractivity (Wildman–Crippen MR) is 140 cm³/mol. The van der Waals surface area contributed by atoms with Gasteiger partial charge >= 0.3 is 6.18 Å². The summed E-state index contributed by atoms with van der Waals surface area (Å²) in [6.45, 7) is 4.25. The van der Waals surface area contributed by atoms with E-state index in [0.717, 1.165) is 53.9 Å².